The summed E-state index contributed by atoms with van der Waals surface area (Å²) in [5.74, 6) is 3.52. The number of guanidine groups is 1. The molecule has 1 aliphatic carbocycles. The predicted molar refractivity (Wildman–Crippen MR) is 138 cm³/mol. The van der Waals surface area contributed by atoms with Crippen LogP contribution in [-0.2, 0) is 18.3 Å². The SMILES string of the molecule is Cc1nnc(CN=C(NCC2CCCO2)NC2CC3(CCCC3)Oc3ccccc32)n1C.I. The van der Waals surface area contributed by atoms with Gasteiger partial charge in [-0.1, -0.05) is 18.2 Å². The van der Waals surface area contributed by atoms with Crippen molar-refractivity contribution < 1.29 is 9.47 Å². The molecule has 1 aromatic heterocycles. The fourth-order valence-electron chi connectivity index (χ4n) is 5.14. The van der Waals surface area contributed by atoms with Gasteiger partial charge in [-0.2, -0.15) is 0 Å². The van der Waals surface area contributed by atoms with Gasteiger partial charge in [-0.15, -0.1) is 34.2 Å². The number of hydrogen-bond donors (Lipinski definition) is 2. The fourth-order valence-corrected chi connectivity index (χ4v) is 5.14. The van der Waals surface area contributed by atoms with Gasteiger partial charge in [0.15, 0.2) is 11.8 Å². The van der Waals surface area contributed by atoms with Gasteiger partial charge in [0.05, 0.1) is 12.1 Å². The van der Waals surface area contributed by atoms with Crippen LogP contribution in [0.5, 0.6) is 5.75 Å². The molecule has 1 aromatic carbocycles. The standard InChI is InChI=1S/C24H34N6O2.HI/c1-17-28-29-22(30(17)2)16-26-23(25-15-18-8-7-13-31-18)27-20-14-24(11-5-6-12-24)32-21-10-4-3-9-19(20)21;/h3-4,9-10,18,20H,5-8,11-16H2,1-2H3,(H2,25,26,27);1H. The van der Waals surface area contributed by atoms with E-state index in [2.05, 4.69) is 45.1 Å². The zero-order valence-corrected chi connectivity index (χ0v) is 21.9. The number of halogens is 1. The van der Waals surface area contributed by atoms with Crippen molar-refractivity contribution in [3.8, 4) is 5.75 Å². The van der Waals surface area contributed by atoms with Crippen molar-refractivity contribution in [1.29, 1.82) is 0 Å². The van der Waals surface area contributed by atoms with Gasteiger partial charge in [-0.25, -0.2) is 4.99 Å². The van der Waals surface area contributed by atoms with Crippen LogP contribution in [0.15, 0.2) is 29.3 Å². The Bertz CT molecular complexity index is 966. The molecule has 1 saturated heterocycles. The second-order valence-electron chi connectivity index (χ2n) is 9.33. The first-order valence-electron chi connectivity index (χ1n) is 11.9. The maximum atomic E-state index is 6.54. The zero-order valence-electron chi connectivity index (χ0n) is 19.5. The monoisotopic (exact) mass is 566 g/mol. The highest BCUT2D eigenvalue weighted by Gasteiger charge is 2.43. The van der Waals surface area contributed by atoms with Gasteiger partial charge < -0.3 is 24.7 Å². The van der Waals surface area contributed by atoms with Crippen LogP contribution in [0.4, 0.5) is 0 Å². The molecule has 9 heteroatoms. The minimum atomic E-state index is -0.0631. The van der Waals surface area contributed by atoms with Crippen molar-refractivity contribution in [2.24, 2.45) is 12.0 Å². The van der Waals surface area contributed by atoms with E-state index in [4.69, 9.17) is 14.5 Å². The van der Waals surface area contributed by atoms with Crippen LogP contribution in [0, 0.1) is 6.92 Å². The molecule has 5 rings (SSSR count). The van der Waals surface area contributed by atoms with Crippen LogP contribution in [0.2, 0.25) is 0 Å². The summed E-state index contributed by atoms with van der Waals surface area (Å²) in [6, 6.07) is 8.56. The summed E-state index contributed by atoms with van der Waals surface area (Å²) < 4.78 is 14.3. The predicted octanol–water partition coefficient (Wildman–Crippen LogP) is 3.79. The van der Waals surface area contributed by atoms with E-state index in [1.807, 2.05) is 18.5 Å². The second kappa shape index (κ2) is 10.6. The summed E-state index contributed by atoms with van der Waals surface area (Å²) in [5, 5.41) is 15.7. The summed E-state index contributed by atoms with van der Waals surface area (Å²) in [5.41, 5.74) is 1.14. The van der Waals surface area contributed by atoms with E-state index in [9.17, 15) is 0 Å². The number of nitrogens with one attached hydrogen (secondary N) is 2. The number of fused-ring (bicyclic) bond motifs is 1. The van der Waals surface area contributed by atoms with Gasteiger partial charge in [0, 0.05) is 32.2 Å². The number of benzene rings is 1. The number of aromatic nitrogens is 3. The number of rotatable bonds is 5. The van der Waals surface area contributed by atoms with E-state index in [0.717, 1.165) is 68.6 Å². The highest BCUT2D eigenvalue weighted by atomic mass is 127. The number of para-hydroxylation sites is 1. The third kappa shape index (κ3) is 5.45. The molecule has 0 radical (unpaired) electrons. The highest BCUT2D eigenvalue weighted by Crippen LogP contribution is 2.46. The number of aryl methyl sites for hydroxylation is 1. The number of aliphatic imine (C=N–C) groups is 1. The number of nitrogens with zero attached hydrogens (tertiary/aromatic N) is 4. The van der Waals surface area contributed by atoms with Crippen molar-refractivity contribution in [3.05, 3.63) is 41.5 Å². The summed E-state index contributed by atoms with van der Waals surface area (Å²) in [4.78, 5) is 4.89. The Kier molecular flexibility index (Phi) is 7.78. The summed E-state index contributed by atoms with van der Waals surface area (Å²) >= 11 is 0. The van der Waals surface area contributed by atoms with Gasteiger partial charge in [0.25, 0.3) is 0 Å². The van der Waals surface area contributed by atoms with Crippen LogP contribution in [-0.4, -0.2) is 45.6 Å². The third-order valence-corrected chi connectivity index (χ3v) is 7.11. The Morgan fingerprint density at radius 2 is 2.03 bits per heavy atom. The molecule has 8 nitrogen and oxygen atoms in total. The van der Waals surface area contributed by atoms with Crippen LogP contribution in [0.3, 0.4) is 0 Å². The molecule has 1 spiro atoms. The lowest BCUT2D eigenvalue weighted by Gasteiger charge is -2.40. The van der Waals surface area contributed by atoms with Gasteiger partial charge in [-0.3, -0.25) is 0 Å². The molecule has 3 heterocycles. The maximum Gasteiger partial charge on any atom is 0.192 e. The lowest BCUT2D eigenvalue weighted by molar-refractivity contribution is 0.0395. The zero-order chi connectivity index (χ0) is 22.0. The van der Waals surface area contributed by atoms with Crippen molar-refractivity contribution >= 4 is 29.9 Å². The first-order chi connectivity index (χ1) is 15.6. The van der Waals surface area contributed by atoms with Crippen molar-refractivity contribution in [3.63, 3.8) is 0 Å². The quantitative estimate of drug-likeness (QED) is 0.326. The largest absolute Gasteiger partial charge is 0.487 e. The van der Waals surface area contributed by atoms with Gasteiger partial charge in [0.2, 0.25) is 0 Å². The average molecular weight is 566 g/mol. The molecule has 2 N–H and O–H groups in total. The van der Waals surface area contributed by atoms with Crippen molar-refractivity contribution in [2.45, 2.75) is 76.2 Å². The molecule has 2 aromatic rings. The molecule has 2 unspecified atom stereocenters. The lowest BCUT2D eigenvalue weighted by atomic mass is 9.86. The molecule has 180 valence electrons. The van der Waals surface area contributed by atoms with Crippen LogP contribution < -0.4 is 15.4 Å². The second-order valence-corrected chi connectivity index (χ2v) is 9.33. The molecule has 0 bridgehead atoms. The molecule has 2 atom stereocenters. The lowest BCUT2D eigenvalue weighted by Crippen LogP contribution is -2.47. The van der Waals surface area contributed by atoms with Gasteiger partial charge in [0.1, 0.15) is 23.7 Å². The van der Waals surface area contributed by atoms with E-state index in [0.29, 0.717) is 6.54 Å². The van der Waals surface area contributed by atoms with Crippen LogP contribution in [0.25, 0.3) is 0 Å². The van der Waals surface area contributed by atoms with Crippen molar-refractivity contribution in [1.82, 2.24) is 25.4 Å². The Morgan fingerprint density at radius 3 is 2.76 bits per heavy atom. The molecule has 2 fully saturated rings. The summed E-state index contributed by atoms with van der Waals surface area (Å²) in [6.45, 7) is 4.02. The molecule has 33 heavy (non-hydrogen) atoms. The Balaban J connectivity index is 0.00000259. The van der Waals surface area contributed by atoms with E-state index >= 15 is 0 Å². The Hall–Kier alpha value is -1.88. The van der Waals surface area contributed by atoms with Gasteiger partial charge in [-0.05, 0) is 51.5 Å². The third-order valence-electron chi connectivity index (χ3n) is 7.11. The molecular weight excluding hydrogens is 531 g/mol. The maximum absolute atomic E-state index is 6.54. The fraction of sp³-hybridized carbons (Fsp3) is 0.625. The summed E-state index contributed by atoms with van der Waals surface area (Å²) in [6.07, 6.45) is 8.11. The normalized spacial score (nSPS) is 23.6. The smallest absolute Gasteiger partial charge is 0.192 e. The molecule has 1 saturated carbocycles. The van der Waals surface area contributed by atoms with Crippen LogP contribution >= 0.6 is 24.0 Å². The van der Waals surface area contributed by atoms with Crippen LogP contribution in [0.1, 0.15) is 68.2 Å². The Labute approximate surface area is 213 Å². The average Bonchev–Trinajstić information content (AvgIpc) is 3.54. The number of hydrogen-bond acceptors (Lipinski definition) is 5. The number of ether oxygens (including phenoxy) is 2. The molecule has 0 amide bonds. The highest BCUT2D eigenvalue weighted by molar-refractivity contribution is 14.0. The van der Waals surface area contributed by atoms with Crippen molar-refractivity contribution in [2.75, 3.05) is 13.2 Å². The minimum Gasteiger partial charge on any atom is -0.487 e. The molecule has 2 aliphatic heterocycles. The van der Waals surface area contributed by atoms with E-state index in [-0.39, 0.29) is 41.7 Å². The molecular formula is C24H35IN6O2. The minimum absolute atomic E-state index is 0. The van der Waals surface area contributed by atoms with E-state index in [1.165, 1.54) is 18.4 Å². The van der Waals surface area contributed by atoms with E-state index < -0.39 is 0 Å². The topological polar surface area (TPSA) is 85.6 Å². The van der Waals surface area contributed by atoms with E-state index in [1.54, 1.807) is 0 Å². The molecule has 3 aliphatic rings. The van der Waals surface area contributed by atoms with Gasteiger partial charge >= 0.3 is 0 Å². The first kappa shape index (κ1) is 24.3. The first-order valence-corrected chi connectivity index (χ1v) is 11.9. The summed E-state index contributed by atoms with van der Waals surface area (Å²) in [7, 11) is 1.98. The Morgan fingerprint density at radius 1 is 1.21 bits per heavy atom.